The fraction of sp³-hybridized carbons (Fsp3) is 0.214. The number of hydrogen-bond donors (Lipinski definition) is 1. The van der Waals surface area contributed by atoms with E-state index in [1.165, 1.54) is 0 Å². The molecular weight excluding hydrogens is 283 g/mol. The Morgan fingerprint density at radius 2 is 1.95 bits per heavy atom. The minimum absolute atomic E-state index is 0.449. The molecule has 1 heterocycles. The second-order valence-corrected chi connectivity index (χ2v) is 4.90. The first kappa shape index (κ1) is 14.1. The lowest BCUT2D eigenvalue weighted by atomic mass is 10.2. The maximum atomic E-state index is 6.04. The molecule has 0 saturated heterocycles. The summed E-state index contributed by atoms with van der Waals surface area (Å²) in [7, 11) is 1.87. The quantitative estimate of drug-likeness (QED) is 0.914. The molecule has 0 aliphatic heterocycles. The molecule has 0 fully saturated rings. The Labute approximate surface area is 122 Å². The largest absolute Gasteiger partial charge is 0.473 e. The summed E-state index contributed by atoms with van der Waals surface area (Å²) in [6.45, 7) is 1.13. The van der Waals surface area contributed by atoms with E-state index in [-0.39, 0.29) is 0 Å². The molecule has 3 nitrogen and oxygen atoms in total. The van der Waals surface area contributed by atoms with E-state index >= 15 is 0 Å². The van der Waals surface area contributed by atoms with Crippen LogP contribution in [0.1, 0.15) is 11.1 Å². The zero-order valence-electron chi connectivity index (χ0n) is 10.5. The average molecular weight is 297 g/mol. The zero-order valence-corrected chi connectivity index (χ0v) is 12.0. The number of hydrogen-bond acceptors (Lipinski definition) is 3. The van der Waals surface area contributed by atoms with E-state index in [1.807, 2.05) is 37.4 Å². The van der Waals surface area contributed by atoms with Crippen LogP contribution in [0.25, 0.3) is 0 Å². The van der Waals surface area contributed by atoms with Crippen LogP contribution in [0.3, 0.4) is 0 Å². The first-order valence-electron chi connectivity index (χ1n) is 5.85. The number of aromatic nitrogens is 1. The highest BCUT2D eigenvalue weighted by molar-refractivity contribution is 6.31. The molecule has 0 radical (unpaired) electrons. The van der Waals surface area contributed by atoms with Crippen LogP contribution in [-0.4, -0.2) is 12.0 Å². The van der Waals surface area contributed by atoms with Crippen molar-refractivity contribution in [3.63, 3.8) is 0 Å². The van der Waals surface area contributed by atoms with Gasteiger partial charge in [-0.3, -0.25) is 0 Å². The third kappa shape index (κ3) is 4.10. The maximum absolute atomic E-state index is 6.04. The summed E-state index contributed by atoms with van der Waals surface area (Å²) in [6, 6.07) is 9.36. The van der Waals surface area contributed by atoms with Gasteiger partial charge in [0.15, 0.2) is 0 Å². The summed E-state index contributed by atoms with van der Waals surface area (Å²) in [5, 5.41) is 4.39. The number of nitrogens with one attached hydrogen (secondary N) is 1. The van der Waals surface area contributed by atoms with Crippen LogP contribution in [0.2, 0.25) is 10.0 Å². The van der Waals surface area contributed by atoms with Crippen LogP contribution >= 0.6 is 23.2 Å². The Morgan fingerprint density at radius 3 is 2.63 bits per heavy atom. The molecule has 2 aromatic rings. The molecule has 0 saturated carbocycles. The van der Waals surface area contributed by atoms with Gasteiger partial charge in [0.2, 0.25) is 5.88 Å². The van der Waals surface area contributed by atoms with Gasteiger partial charge in [-0.15, -0.1) is 0 Å². The Balaban J connectivity index is 2.03. The second-order valence-electron chi connectivity index (χ2n) is 4.06. The van der Waals surface area contributed by atoms with Gasteiger partial charge in [-0.1, -0.05) is 35.3 Å². The summed E-state index contributed by atoms with van der Waals surface area (Å²) >= 11 is 11.9. The van der Waals surface area contributed by atoms with Crippen molar-refractivity contribution >= 4 is 23.2 Å². The predicted molar refractivity (Wildman–Crippen MR) is 77.8 cm³/mol. The van der Waals surface area contributed by atoms with E-state index in [9.17, 15) is 0 Å². The Kier molecular flexibility index (Phi) is 5.02. The van der Waals surface area contributed by atoms with Crippen LogP contribution in [0.5, 0.6) is 5.88 Å². The van der Waals surface area contributed by atoms with Gasteiger partial charge in [0, 0.05) is 23.8 Å². The van der Waals surface area contributed by atoms with Crippen LogP contribution in [0.4, 0.5) is 0 Å². The minimum atomic E-state index is 0.449. The Hall–Kier alpha value is -1.29. The first-order chi connectivity index (χ1) is 9.19. The molecule has 0 aliphatic carbocycles. The minimum Gasteiger partial charge on any atom is -0.473 e. The number of pyridine rings is 1. The average Bonchev–Trinajstić information content (AvgIpc) is 2.42. The highest BCUT2D eigenvalue weighted by Gasteiger charge is 2.04. The second kappa shape index (κ2) is 6.75. The fourth-order valence-electron chi connectivity index (χ4n) is 1.60. The topological polar surface area (TPSA) is 34.1 Å². The maximum Gasteiger partial charge on any atom is 0.213 e. The standard InChI is InChI=1S/C14H14Cl2N2O/c1-17-7-11-6-14(18-8-13(11)16)19-9-10-2-4-12(15)5-3-10/h2-6,8,17H,7,9H2,1H3. The molecule has 0 amide bonds. The summed E-state index contributed by atoms with van der Waals surface area (Å²) in [6.07, 6.45) is 1.60. The van der Waals surface area contributed by atoms with E-state index in [1.54, 1.807) is 6.20 Å². The number of benzene rings is 1. The van der Waals surface area contributed by atoms with E-state index in [2.05, 4.69) is 10.3 Å². The molecule has 0 atom stereocenters. The molecule has 0 unspecified atom stereocenters. The van der Waals surface area contributed by atoms with Crippen LogP contribution < -0.4 is 10.1 Å². The number of rotatable bonds is 5. The fourth-order valence-corrected chi connectivity index (χ4v) is 1.90. The summed E-state index contributed by atoms with van der Waals surface area (Å²) in [5.41, 5.74) is 2.00. The van der Waals surface area contributed by atoms with Gasteiger partial charge in [0.25, 0.3) is 0 Å². The van der Waals surface area contributed by atoms with Crippen molar-refractivity contribution in [1.29, 1.82) is 0 Å². The number of halogens is 2. The third-order valence-corrected chi connectivity index (χ3v) is 3.17. The van der Waals surface area contributed by atoms with Gasteiger partial charge < -0.3 is 10.1 Å². The SMILES string of the molecule is CNCc1cc(OCc2ccc(Cl)cc2)ncc1Cl. The van der Waals surface area contributed by atoms with Crippen LogP contribution in [-0.2, 0) is 13.2 Å². The van der Waals surface area contributed by atoms with Gasteiger partial charge in [-0.2, -0.15) is 0 Å². The Bertz CT molecular complexity index is 544. The van der Waals surface area contributed by atoms with Crippen molar-refractivity contribution in [1.82, 2.24) is 10.3 Å². The molecule has 0 aliphatic rings. The van der Waals surface area contributed by atoms with E-state index in [0.717, 1.165) is 11.1 Å². The summed E-state index contributed by atoms with van der Waals surface area (Å²) in [5.74, 6) is 0.560. The molecule has 0 bridgehead atoms. The normalized spacial score (nSPS) is 10.5. The molecule has 19 heavy (non-hydrogen) atoms. The molecule has 100 valence electrons. The van der Waals surface area contributed by atoms with Crippen molar-refractivity contribution in [2.24, 2.45) is 0 Å². The van der Waals surface area contributed by atoms with E-state index in [0.29, 0.717) is 29.1 Å². The van der Waals surface area contributed by atoms with Crippen molar-refractivity contribution < 1.29 is 4.74 Å². The molecule has 1 aromatic heterocycles. The monoisotopic (exact) mass is 296 g/mol. The smallest absolute Gasteiger partial charge is 0.213 e. The van der Waals surface area contributed by atoms with Crippen LogP contribution in [0.15, 0.2) is 36.5 Å². The zero-order chi connectivity index (χ0) is 13.7. The summed E-state index contributed by atoms with van der Waals surface area (Å²) in [4.78, 5) is 4.15. The lowest BCUT2D eigenvalue weighted by molar-refractivity contribution is 0.293. The lowest BCUT2D eigenvalue weighted by Gasteiger charge is -2.08. The molecule has 1 aromatic carbocycles. The molecule has 1 N–H and O–H groups in total. The van der Waals surface area contributed by atoms with E-state index in [4.69, 9.17) is 27.9 Å². The lowest BCUT2D eigenvalue weighted by Crippen LogP contribution is -2.06. The predicted octanol–water partition coefficient (Wildman–Crippen LogP) is 3.69. The highest BCUT2D eigenvalue weighted by Crippen LogP contribution is 2.20. The first-order valence-corrected chi connectivity index (χ1v) is 6.61. The molecular formula is C14H14Cl2N2O. The van der Waals surface area contributed by atoms with Crippen molar-refractivity contribution in [2.75, 3.05) is 7.05 Å². The highest BCUT2D eigenvalue weighted by atomic mass is 35.5. The van der Waals surface area contributed by atoms with Gasteiger partial charge in [-0.05, 0) is 30.3 Å². The third-order valence-electron chi connectivity index (χ3n) is 2.58. The van der Waals surface area contributed by atoms with Gasteiger partial charge in [0.1, 0.15) is 6.61 Å². The molecule has 5 heteroatoms. The van der Waals surface area contributed by atoms with Gasteiger partial charge >= 0.3 is 0 Å². The van der Waals surface area contributed by atoms with E-state index < -0.39 is 0 Å². The summed E-state index contributed by atoms with van der Waals surface area (Å²) < 4.78 is 5.63. The molecule has 0 spiro atoms. The van der Waals surface area contributed by atoms with Gasteiger partial charge in [-0.25, -0.2) is 4.98 Å². The number of nitrogens with zero attached hydrogens (tertiary/aromatic N) is 1. The number of ether oxygens (including phenoxy) is 1. The van der Waals surface area contributed by atoms with Gasteiger partial charge in [0.05, 0.1) is 5.02 Å². The van der Waals surface area contributed by atoms with Crippen molar-refractivity contribution in [3.05, 3.63) is 57.7 Å². The Morgan fingerprint density at radius 1 is 1.21 bits per heavy atom. The van der Waals surface area contributed by atoms with Crippen molar-refractivity contribution in [3.8, 4) is 5.88 Å². The molecule has 2 rings (SSSR count). The van der Waals surface area contributed by atoms with Crippen molar-refractivity contribution in [2.45, 2.75) is 13.2 Å². The van der Waals surface area contributed by atoms with Crippen LogP contribution in [0, 0.1) is 0 Å².